The second-order valence-electron chi connectivity index (χ2n) is 3.30. The molecule has 0 aliphatic heterocycles. The maximum atomic E-state index is 10.8. The molecule has 1 aromatic rings. The van der Waals surface area contributed by atoms with E-state index in [4.69, 9.17) is 4.74 Å². The zero-order valence-electron chi connectivity index (χ0n) is 7.49. The molecule has 0 amide bonds. The number of carbonyl (C=O) groups is 1. The fourth-order valence-electron chi connectivity index (χ4n) is 1.43. The van der Waals surface area contributed by atoms with E-state index in [9.17, 15) is 4.79 Å². The van der Waals surface area contributed by atoms with E-state index >= 15 is 0 Å². The lowest BCUT2D eigenvalue weighted by Gasteiger charge is -2.13. The molecule has 13 heavy (non-hydrogen) atoms. The average molecular weight is 177 g/mol. The van der Waals surface area contributed by atoms with Gasteiger partial charge < -0.3 is 4.74 Å². The van der Waals surface area contributed by atoms with Crippen LogP contribution in [0.5, 0.6) is 0 Å². The van der Waals surface area contributed by atoms with Crippen molar-refractivity contribution in [3.63, 3.8) is 0 Å². The predicted molar refractivity (Wildman–Crippen MR) is 46.9 cm³/mol. The van der Waals surface area contributed by atoms with Gasteiger partial charge in [0.05, 0.1) is 5.69 Å². The number of hydrogen-bond acceptors (Lipinski definition) is 3. The minimum atomic E-state index is -0.396. The van der Waals surface area contributed by atoms with Crippen LogP contribution in [0.4, 0.5) is 0 Å². The molecule has 0 saturated heterocycles. The number of esters is 1. The van der Waals surface area contributed by atoms with Crippen LogP contribution in [0.3, 0.4) is 0 Å². The maximum Gasteiger partial charge on any atom is 0.303 e. The summed E-state index contributed by atoms with van der Waals surface area (Å²) in [6.45, 7) is 1.43. The van der Waals surface area contributed by atoms with Gasteiger partial charge in [-0.3, -0.25) is 9.78 Å². The molecule has 0 aromatic carbocycles. The Labute approximate surface area is 76.7 Å². The molecule has 0 unspecified atom stereocenters. The van der Waals surface area contributed by atoms with E-state index in [-0.39, 0.29) is 5.97 Å². The second-order valence-corrected chi connectivity index (χ2v) is 3.30. The number of rotatable bonds is 2. The summed E-state index contributed by atoms with van der Waals surface area (Å²) in [7, 11) is 0. The number of aromatic nitrogens is 1. The molecule has 1 aliphatic rings. The predicted octanol–water partition coefficient (Wildman–Crippen LogP) is 1.63. The van der Waals surface area contributed by atoms with Crippen LogP contribution in [0.1, 0.15) is 25.5 Å². The van der Waals surface area contributed by atoms with Crippen LogP contribution in [-0.2, 0) is 15.1 Å². The van der Waals surface area contributed by atoms with Gasteiger partial charge in [0.1, 0.15) is 0 Å². The summed E-state index contributed by atoms with van der Waals surface area (Å²) >= 11 is 0. The van der Waals surface area contributed by atoms with Crippen molar-refractivity contribution in [2.45, 2.75) is 25.4 Å². The van der Waals surface area contributed by atoms with Crippen molar-refractivity contribution in [2.75, 3.05) is 0 Å². The van der Waals surface area contributed by atoms with Gasteiger partial charge in [-0.05, 0) is 25.0 Å². The summed E-state index contributed by atoms with van der Waals surface area (Å²) < 4.78 is 5.23. The fraction of sp³-hybridized carbons (Fsp3) is 0.400. The highest BCUT2D eigenvalue weighted by Gasteiger charge is 2.49. The topological polar surface area (TPSA) is 39.2 Å². The minimum absolute atomic E-state index is 0.233. The SMILES string of the molecule is CC(=O)OC1(c2ccccn2)CC1. The van der Waals surface area contributed by atoms with Crippen LogP contribution in [0.15, 0.2) is 24.4 Å². The Hall–Kier alpha value is -1.38. The van der Waals surface area contributed by atoms with Crippen LogP contribution in [0.2, 0.25) is 0 Å². The summed E-state index contributed by atoms with van der Waals surface area (Å²) in [6.07, 6.45) is 3.51. The van der Waals surface area contributed by atoms with E-state index in [0.717, 1.165) is 18.5 Å². The lowest BCUT2D eigenvalue weighted by molar-refractivity contribution is -0.149. The van der Waals surface area contributed by atoms with E-state index in [1.54, 1.807) is 6.20 Å². The molecule has 3 nitrogen and oxygen atoms in total. The molecule has 0 N–H and O–H groups in total. The first-order valence-corrected chi connectivity index (χ1v) is 4.34. The first kappa shape index (κ1) is 8.23. The zero-order chi connectivity index (χ0) is 9.31. The third kappa shape index (κ3) is 1.54. The van der Waals surface area contributed by atoms with Crippen LogP contribution in [0, 0.1) is 0 Å². The van der Waals surface area contributed by atoms with Gasteiger partial charge in [0, 0.05) is 13.1 Å². The van der Waals surface area contributed by atoms with E-state index in [2.05, 4.69) is 4.98 Å². The second kappa shape index (κ2) is 2.83. The van der Waals surface area contributed by atoms with E-state index in [1.165, 1.54) is 6.92 Å². The van der Waals surface area contributed by atoms with Gasteiger partial charge >= 0.3 is 5.97 Å². The van der Waals surface area contributed by atoms with Gasteiger partial charge in [0.25, 0.3) is 0 Å². The molecular weight excluding hydrogens is 166 g/mol. The highest BCUT2D eigenvalue weighted by atomic mass is 16.6. The summed E-state index contributed by atoms with van der Waals surface area (Å²) in [4.78, 5) is 15.0. The normalized spacial score (nSPS) is 17.9. The summed E-state index contributed by atoms with van der Waals surface area (Å²) in [5.74, 6) is -0.233. The minimum Gasteiger partial charge on any atom is -0.453 e. The lowest BCUT2D eigenvalue weighted by Crippen LogP contribution is -2.16. The van der Waals surface area contributed by atoms with Gasteiger partial charge in [-0.2, -0.15) is 0 Å². The van der Waals surface area contributed by atoms with E-state index in [0.29, 0.717) is 0 Å². The Bertz CT molecular complexity index is 317. The van der Waals surface area contributed by atoms with Crippen molar-refractivity contribution in [3.05, 3.63) is 30.1 Å². The Morgan fingerprint density at radius 3 is 2.77 bits per heavy atom. The van der Waals surface area contributed by atoms with Gasteiger partial charge in [-0.15, -0.1) is 0 Å². The van der Waals surface area contributed by atoms with Crippen molar-refractivity contribution < 1.29 is 9.53 Å². The first-order chi connectivity index (χ1) is 6.23. The van der Waals surface area contributed by atoms with E-state index in [1.807, 2.05) is 18.2 Å². The number of pyridine rings is 1. The Morgan fingerprint density at radius 2 is 2.31 bits per heavy atom. The lowest BCUT2D eigenvalue weighted by atomic mass is 10.2. The van der Waals surface area contributed by atoms with Crippen molar-refractivity contribution in [2.24, 2.45) is 0 Å². The molecule has 0 spiro atoms. The Balaban J connectivity index is 2.21. The third-order valence-electron chi connectivity index (χ3n) is 2.17. The summed E-state index contributed by atoms with van der Waals surface area (Å²) in [5, 5.41) is 0. The van der Waals surface area contributed by atoms with Gasteiger partial charge in [-0.25, -0.2) is 0 Å². The van der Waals surface area contributed by atoms with Crippen molar-refractivity contribution in [1.82, 2.24) is 4.98 Å². The molecule has 1 fully saturated rings. The highest BCUT2D eigenvalue weighted by Crippen LogP contribution is 2.48. The van der Waals surface area contributed by atoms with Crippen molar-refractivity contribution in [1.29, 1.82) is 0 Å². The largest absolute Gasteiger partial charge is 0.453 e. The standard InChI is InChI=1S/C10H11NO2/c1-8(12)13-10(5-6-10)9-4-2-3-7-11-9/h2-4,7H,5-6H2,1H3. The first-order valence-electron chi connectivity index (χ1n) is 4.34. The summed E-state index contributed by atoms with van der Waals surface area (Å²) in [6, 6.07) is 5.66. The molecule has 1 aliphatic carbocycles. The van der Waals surface area contributed by atoms with Gasteiger partial charge in [-0.1, -0.05) is 6.07 Å². The number of ether oxygens (including phenoxy) is 1. The third-order valence-corrected chi connectivity index (χ3v) is 2.17. The van der Waals surface area contributed by atoms with Crippen molar-refractivity contribution in [3.8, 4) is 0 Å². The number of nitrogens with zero attached hydrogens (tertiary/aromatic N) is 1. The molecular formula is C10H11NO2. The molecule has 1 heterocycles. The van der Waals surface area contributed by atoms with Gasteiger partial charge in [0.2, 0.25) is 0 Å². The van der Waals surface area contributed by atoms with Crippen LogP contribution in [0.25, 0.3) is 0 Å². The van der Waals surface area contributed by atoms with Crippen LogP contribution < -0.4 is 0 Å². The smallest absolute Gasteiger partial charge is 0.303 e. The molecule has 1 aromatic heterocycles. The van der Waals surface area contributed by atoms with Crippen molar-refractivity contribution >= 4 is 5.97 Å². The maximum absolute atomic E-state index is 10.8. The average Bonchev–Trinajstić information content (AvgIpc) is 2.86. The fourth-order valence-corrected chi connectivity index (χ4v) is 1.43. The quantitative estimate of drug-likeness (QED) is 0.644. The molecule has 2 rings (SSSR count). The number of carbonyl (C=O) groups excluding carboxylic acids is 1. The Morgan fingerprint density at radius 1 is 1.54 bits per heavy atom. The highest BCUT2D eigenvalue weighted by molar-refractivity contribution is 5.67. The molecule has 3 heteroatoms. The molecule has 0 radical (unpaired) electrons. The van der Waals surface area contributed by atoms with Gasteiger partial charge in [0.15, 0.2) is 5.60 Å². The van der Waals surface area contributed by atoms with E-state index < -0.39 is 5.60 Å². The summed E-state index contributed by atoms with van der Waals surface area (Å²) in [5.41, 5.74) is 0.470. The molecule has 1 saturated carbocycles. The van der Waals surface area contributed by atoms with Crippen LogP contribution in [-0.4, -0.2) is 11.0 Å². The molecule has 0 atom stereocenters. The van der Waals surface area contributed by atoms with Crippen LogP contribution >= 0.6 is 0 Å². The zero-order valence-corrected chi connectivity index (χ0v) is 7.49. The molecule has 68 valence electrons. The number of hydrogen-bond donors (Lipinski definition) is 0. The molecule has 0 bridgehead atoms. The Kier molecular flexibility index (Phi) is 1.79. The monoisotopic (exact) mass is 177 g/mol.